The van der Waals surface area contributed by atoms with E-state index in [1.54, 1.807) is 35.0 Å². The Balaban J connectivity index is 2.04. The van der Waals surface area contributed by atoms with Gasteiger partial charge in [0.2, 0.25) is 0 Å². The molecule has 94 valence electrons. The second-order valence-corrected chi connectivity index (χ2v) is 5.05. The first-order chi connectivity index (χ1) is 8.58. The van der Waals surface area contributed by atoms with Gasteiger partial charge in [0.05, 0.1) is 17.7 Å². The van der Waals surface area contributed by atoms with Crippen LogP contribution in [0.2, 0.25) is 0 Å². The van der Waals surface area contributed by atoms with Crippen molar-refractivity contribution in [1.29, 1.82) is 0 Å². The van der Waals surface area contributed by atoms with Crippen molar-refractivity contribution in [2.45, 2.75) is 20.4 Å². The van der Waals surface area contributed by atoms with E-state index in [0.29, 0.717) is 17.8 Å². The van der Waals surface area contributed by atoms with Crippen LogP contribution in [0, 0.1) is 13.8 Å². The Morgan fingerprint density at radius 1 is 1.44 bits per heavy atom. The third-order valence-corrected chi connectivity index (χ3v) is 3.72. The average molecular weight is 261 g/mol. The largest absolute Gasteiger partial charge is 0.399 e. The molecule has 0 spiro atoms. The summed E-state index contributed by atoms with van der Waals surface area (Å²) >= 11 is 1.55. The SMILES string of the molecule is Cc1cc(C(=O)NCc2scnc2C)ccc1N. The van der Waals surface area contributed by atoms with Crippen molar-refractivity contribution in [2.75, 3.05) is 5.73 Å². The van der Waals surface area contributed by atoms with E-state index in [-0.39, 0.29) is 5.91 Å². The normalized spacial score (nSPS) is 10.3. The molecule has 2 rings (SSSR count). The topological polar surface area (TPSA) is 68.0 Å². The summed E-state index contributed by atoms with van der Waals surface area (Å²) in [5, 5.41) is 2.88. The zero-order valence-electron chi connectivity index (χ0n) is 10.4. The number of carbonyl (C=O) groups is 1. The van der Waals surface area contributed by atoms with Crippen LogP contribution >= 0.6 is 11.3 Å². The van der Waals surface area contributed by atoms with E-state index in [1.807, 2.05) is 13.8 Å². The highest BCUT2D eigenvalue weighted by molar-refractivity contribution is 7.09. The molecule has 0 radical (unpaired) electrons. The van der Waals surface area contributed by atoms with Crippen LogP contribution in [-0.2, 0) is 6.54 Å². The molecule has 0 atom stereocenters. The molecule has 0 aliphatic carbocycles. The van der Waals surface area contributed by atoms with Crippen LogP contribution in [0.3, 0.4) is 0 Å². The van der Waals surface area contributed by atoms with Gasteiger partial charge < -0.3 is 11.1 Å². The van der Waals surface area contributed by atoms with Gasteiger partial charge in [-0.05, 0) is 37.6 Å². The molecule has 0 unspecified atom stereocenters. The molecule has 1 aromatic carbocycles. The van der Waals surface area contributed by atoms with Gasteiger partial charge in [-0.1, -0.05) is 0 Å². The summed E-state index contributed by atoms with van der Waals surface area (Å²) in [6, 6.07) is 5.28. The first kappa shape index (κ1) is 12.6. The smallest absolute Gasteiger partial charge is 0.251 e. The fraction of sp³-hybridized carbons (Fsp3) is 0.231. The lowest BCUT2D eigenvalue weighted by Gasteiger charge is -2.06. The minimum absolute atomic E-state index is 0.0918. The van der Waals surface area contributed by atoms with E-state index in [0.717, 1.165) is 16.1 Å². The Morgan fingerprint density at radius 3 is 2.83 bits per heavy atom. The Kier molecular flexibility index (Phi) is 3.62. The third kappa shape index (κ3) is 2.68. The molecular formula is C13H15N3OS. The number of carbonyl (C=O) groups excluding carboxylic acids is 1. The number of thiazole rings is 1. The second-order valence-electron chi connectivity index (χ2n) is 4.11. The maximum atomic E-state index is 11.9. The number of amides is 1. The van der Waals surface area contributed by atoms with Crippen LogP contribution < -0.4 is 11.1 Å². The minimum Gasteiger partial charge on any atom is -0.399 e. The molecule has 1 heterocycles. The quantitative estimate of drug-likeness (QED) is 0.833. The zero-order chi connectivity index (χ0) is 13.1. The molecule has 0 bridgehead atoms. The van der Waals surface area contributed by atoms with E-state index < -0.39 is 0 Å². The highest BCUT2D eigenvalue weighted by atomic mass is 32.1. The first-order valence-electron chi connectivity index (χ1n) is 5.61. The van der Waals surface area contributed by atoms with Crippen molar-refractivity contribution in [3.05, 3.63) is 45.4 Å². The van der Waals surface area contributed by atoms with Crippen molar-refractivity contribution in [3.8, 4) is 0 Å². The second kappa shape index (κ2) is 5.18. The Hall–Kier alpha value is -1.88. The third-order valence-electron chi connectivity index (χ3n) is 2.79. The number of rotatable bonds is 3. The van der Waals surface area contributed by atoms with Crippen LogP contribution in [0.4, 0.5) is 5.69 Å². The summed E-state index contributed by atoms with van der Waals surface area (Å²) in [7, 11) is 0. The van der Waals surface area contributed by atoms with E-state index in [4.69, 9.17) is 5.73 Å². The number of aryl methyl sites for hydroxylation is 2. The van der Waals surface area contributed by atoms with Crippen LogP contribution in [0.15, 0.2) is 23.7 Å². The van der Waals surface area contributed by atoms with Gasteiger partial charge in [-0.2, -0.15) is 0 Å². The van der Waals surface area contributed by atoms with Crippen molar-refractivity contribution in [2.24, 2.45) is 0 Å². The number of aromatic nitrogens is 1. The Morgan fingerprint density at radius 2 is 2.22 bits per heavy atom. The number of benzene rings is 1. The van der Waals surface area contributed by atoms with Crippen molar-refractivity contribution in [1.82, 2.24) is 10.3 Å². The van der Waals surface area contributed by atoms with Crippen molar-refractivity contribution < 1.29 is 4.79 Å². The molecule has 0 saturated heterocycles. The maximum absolute atomic E-state index is 11.9. The summed E-state index contributed by atoms with van der Waals surface area (Å²) in [5.74, 6) is -0.0918. The lowest BCUT2D eigenvalue weighted by atomic mass is 10.1. The number of nitrogens with zero attached hydrogens (tertiary/aromatic N) is 1. The summed E-state index contributed by atoms with van der Waals surface area (Å²) in [6.45, 7) is 4.34. The molecule has 3 N–H and O–H groups in total. The van der Waals surface area contributed by atoms with E-state index in [1.165, 1.54) is 0 Å². The van der Waals surface area contributed by atoms with E-state index >= 15 is 0 Å². The minimum atomic E-state index is -0.0918. The standard InChI is InChI=1S/C13H15N3OS/c1-8-5-10(3-4-11(8)14)13(17)15-6-12-9(2)16-7-18-12/h3-5,7H,6,14H2,1-2H3,(H,15,17). The molecule has 0 fully saturated rings. The maximum Gasteiger partial charge on any atom is 0.251 e. The van der Waals surface area contributed by atoms with Gasteiger partial charge in [0.25, 0.3) is 5.91 Å². The van der Waals surface area contributed by atoms with Gasteiger partial charge in [-0.3, -0.25) is 4.79 Å². The van der Waals surface area contributed by atoms with Crippen molar-refractivity contribution in [3.63, 3.8) is 0 Å². The van der Waals surface area contributed by atoms with Gasteiger partial charge in [-0.15, -0.1) is 11.3 Å². The number of nitrogens with one attached hydrogen (secondary N) is 1. The number of nitrogen functional groups attached to an aromatic ring is 1. The highest BCUT2D eigenvalue weighted by Crippen LogP contribution is 2.14. The summed E-state index contributed by atoms with van der Waals surface area (Å²) in [4.78, 5) is 17.2. The fourth-order valence-electron chi connectivity index (χ4n) is 1.58. The van der Waals surface area contributed by atoms with Crippen LogP contribution in [0.5, 0.6) is 0 Å². The van der Waals surface area contributed by atoms with E-state index in [9.17, 15) is 4.79 Å². The lowest BCUT2D eigenvalue weighted by molar-refractivity contribution is 0.0951. The molecule has 5 heteroatoms. The van der Waals surface area contributed by atoms with Gasteiger partial charge in [-0.25, -0.2) is 4.98 Å². The predicted octanol–water partition coefficient (Wildman–Crippen LogP) is 2.27. The molecule has 1 amide bonds. The van der Waals surface area contributed by atoms with Gasteiger partial charge in [0.1, 0.15) is 0 Å². The monoisotopic (exact) mass is 261 g/mol. The summed E-state index contributed by atoms with van der Waals surface area (Å²) in [6.07, 6.45) is 0. The lowest BCUT2D eigenvalue weighted by Crippen LogP contribution is -2.22. The molecule has 0 aliphatic heterocycles. The molecule has 2 aromatic rings. The van der Waals surface area contributed by atoms with Crippen LogP contribution in [0.25, 0.3) is 0 Å². The van der Waals surface area contributed by atoms with Crippen LogP contribution in [0.1, 0.15) is 26.5 Å². The van der Waals surface area contributed by atoms with Crippen LogP contribution in [-0.4, -0.2) is 10.9 Å². The predicted molar refractivity (Wildman–Crippen MR) is 73.6 cm³/mol. The van der Waals surface area contributed by atoms with Gasteiger partial charge in [0, 0.05) is 16.1 Å². The number of hydrogen-bond donors (Lipinski definition) is 2. The average Bonchev–Trinajstić information content (AvgIpc) is 2.75. The van der Waals surface area contributed by atoms with Gasteiger partial charge in [0.15, 0.2) is 0 Å². The number of hydrogen-bond acceptors (Lipinski definition) is 4. The Bertz CT molecular complexity index is 577. The molecular weight excluding hydrogens is 246 g/mol. The molecule has 18 heavy (non-hydrogen) atoms. The Labute approximate surface area is 110 Å². The number of anilines is 1. The fourth-order valence-corrected chi connectivity index (χ4v) is 2.29. The number of nitrogens with two attached hydrogens (primary N) is 1. The molecule has 4 nitrogen and oxygen atoms in total. The highest BCUT2D eigenvalue weighted by Gasteiger charge is 2.08. The zero-order valence-corrected chi connectivity index (χ0v) is 11.2. The molecule has 1 aromatic heterocycles. The summed E-state index contributed by atoms with van der Waals surface area (Å²) < 4.78 is 0. The molecule has 0 saturated carbocycles. The van der Waals surface area contributed by atoms with Crippen molar-refractivity contribution >= 4 is 22.9 Å². The molecule has 0 aliphatic rings. The van der Waals surface area contributed by atoms with E-state index in [2.05, 4.69) is 10.3 Å². The first-order valence-corrected chi connectivity index (χ1v) is 6.49. The summed E-state index contributed by atoms with van der Waals surface area (Å²) in [5.41, 5.74) is 10.7. The van der Waals surface area contributed by atoms with Gasteiger partial charge >= 0.3 is 0 Å².